The van der Waals surface area contributed by atoms with E-state index in [0.29, 0.717) is 17.6 Å². The molecule has 0 aliphatic carbocycles. The van der Waals surface area contributed by atoms with Gasteiger partial charge in [-0.05, 0) is 43.0 Å². The zero-order valence-corrected chi connectivity index (χ0v) is 13.4. The fraction of sp³-hybridized carbons (Fsp3) is 0.500. The molecule has 0 aliphatic heterocycles. The molecule has 0 bridgehead atoms. The zero-order chi connectivity index (χ0) is 16.4. The number of hydrogen-bond acceptors (Lipinski definition) is 2. The van der Waals surface area contributed by atoms with E-state index >= 15 is 0 Å². The number of carbonyl (C=O) groups is 1. The summed E-state index contributed by atoms with van der Waals surface area (Å²) in [5.41, 5.74) is 0.563. The second-order valence-electron chi connectivity index (χ2n) is 5.44. The molecule has 0 radical (unpaired) electrons. The highest BCUT2D eigenvalue weighted by Gasteiger charge is 2.04. The lowest BCUT2D eigenvalue weighted by Crippen LogP contribution is -2.41. The van der Waals surface area contributed by atoms with Crippen LogP contribution in [0.3, 0.4) is 0 Å². The molecule has 0 aliphatic rings. The number of aliphatic imine (C=N–C) groups is 1. The third kappa shape index (κ3) is 7.61. The van der Waals surface area contributed by atoms with E-state index < -0.39 is 0 Å². The van der Waals surface area contributed by atoms with Crippen molar-refractivity contribution in [3.63, 3.8) is 0 Å². The minimum Gasteiger partial charge on any atom is -0.356 e. The second-order valence-corrected chi connectivity index (χ2v) is 5.44. The Labute approximate surface area is 131 Å². The largest absolute Gasteiger partial charge is 0.356 e. The smallest absolute Gasteiger partial charge is 0.243 e. The van der Waals surface area contributed by atoms with Gasteiger partial charge in [0.15, 0.2) is 5.96 Å². The summed E-state index contributed by atoms with van der Waals surface area (Å²) in [6, 6.07) is 5.65. The molecule has 0 fully saturated rings. The third-order valence-electron chi connectivity index (χ3n) is 3.02. The summed E-state index contributed by atoms with van der Waals surface area (Å²) in [5, 5.41) is 8.78. The Bertz CT molecular complexity index is 485. The van der Waals surface area contributed by atoms with Crippen molar-refractivity contribution in [1.29, 1.82) is 0 Å². The highest BCUT2D eigenvalue weighted by Crippen LogP contribution is 2.07. The quantitative estimate of drug-likeness (QED) is 0.411. The average molecular weight is 308 g/mol. The number of halogens is 1. The Hall–Kier alpha value is -2.11. The van der Waals surface area contributed by atoms with Crippen LogP contribution in [0.1, 0.15) is 26.7 Å². The van der Waals surface area contributed by atoms with Crippen LogP contribution in [0.15, 0.2) is 29.3 Å². The maximum atomic E-state index is 12.8. The SMILES string of the molecule is CN=C(NCCCC(C)C)NCC(=O)Nc1ccc(F)cc1. The van der Waals surface area contributed by atoms with Crippen LogP contribution in [-0.2, 0) is 4.79 Å². The van der Waals surface area contributed by atoms with Gasteiger partial charge in [-0.15, -0.1) is 0 Å². The average Bonchev–Trinajstić information content (AvgIpc) is 2.48. The van der Waals surface area contributed by atoms with Crippen molar-refractivity contribution in [2.45, 2.75) is 26.7 Å². The summed E-state index contributed by atoms with van der Waals surface area (Å²) in [7, 11) is 1.66. The first-order valence-corrected chi connectivity index (χ1v) is 7.51. The number of carbonyl (C=O) groups excluding carboxylic acids is 1. The number of nitrogens with zero attached hydrogens (tertiary/aromatic N) is 1. The molecule has 0 aromatic heterocycles. The second kappa shape index (κ2) is 9.76. The van der Waals surface area contributed by atoms with Gasteiger partial charge in [-0.25, -0.2) is 4.39 Å². The van der Waals surface area contributed by atoms with Crippen LogP contribution in [0.5, 0.6) is 0 Å². The van der Waals surface area contributed by atoms with Crippen LogP contribution >= 0.6 is 0 Å². The monoisotopic (exact) mass is 308 g/mol. The first kappa shape index (κ1) is 17.9. The van der Waals surface area contributed by atoms with Crippen molar-refractivity contribution in [3.8, 4) is 0 Å². The maximum absolute atomic E-state index is 12.8. The summed E-state index contributed by atoms with van der Waals surface area (Å²) in [5.74, 6) is 0.732. The molecule has 0 heterocycles. The summed E-state index contributed by atoms with van der Waals surface area (Å²) < 4.78 is 12.8. The lowest BCUT2D eigenvalue weighted by Gasteiger charge is -2.12. The summed E-state index contributed by atoms with van der Waals surface area (Å²) in [4.78, 5) is 15.8. The fourth-order valence-electron chi connectivity index (χ4n) is 1.84. The minimum atomic E-state index is -0.331. The molecule has 0 unspecified atom stereocenters. The topological polar surface area (TPSA) is 65.5 Å². The van der Waals surface area contributed by atoms with E-state index in [9.17, 15) is 9.18 Å². The lowest BCUT2D eigenvalue weighted by atomic mass is 10.1. The number of nitrogens with one attached hydrogen (secondary N) is 3. The molecule has 5 nitrogen and oxygen atoms in total. The summed E-state index contributed by atoms with van der Waals surface area (Å²) in [6.45, 7) is 5.29. The first-order valence-electron chi connectivity index (χ1n) is 7.51. The molecule has 1 amide bonds. The van der Waals surface area contributed by atoms with Gasteiger partial charge in [0.05, 0.1) is 6.54 Å². The van der Waals surface area contributed by atoms with E-state index in [-0.39, 0.29) is 18.3 Å². The Morgan fingerprint density at radius 1 is 1.23 bits per heavy atom. The summed E-state index contributed by atoms with van der Waals surface area (Å²) >= 11 is 0. The van der Waals surface area contributed by atoms with Gasteiger partial charge >= 0.3 is 0 Å². The molecule has 122 valence electrons. The Kier molecular flexibility index (Phi) is 7.96. The highest BCUT2D eigenvalue weighted by atomic mass is 19.1. The van der Waals surface area contributed by atoms with Gasteiger partial charge < -0.3 is 16.0 Å². The molecule has 0 saturated carbocycles. The van der Waals surface area contributed by atoms with E-state index in [1.807, 2.05) is 0 Å². The molecule has 6 heteroatoms. The van der Waals surface area contributed by atoms with Crippen molar-refractivity contribution < 1.29 is 9.18 Å². The van der Waals surface area contributed by atoms with Gasteiger partial charge in [0.25, 0.3) is 0 Å². The van der Waals surface area contributed by atoms with Gasteiger partial charge in [0, 0.05) is 19.3 Å². The van der Waals surface area contributed by atoms with Crippen LogP contribution in [0, 0.1) is 11.7 Å². The third-order valence-corrected chi connectivity index (χ3v) is 3.02. The highest BCUT2D eigenvalue weighted by molar-refractivity contribution is 5.94. The Morgan fingerprint density at radius 3 is 2.50 bits per heavy atom. The minimum absolute atomic E-state index is 0.0984. The van der Waals surface area contributed by atoms with Gasteiger partial charge in [-0.3, -0.25) is 9.79 Å². The molecular weight excluding hydrogens is 283 g/mol. The Balaban J connectivity index is 2.27. The van der Waals surface area contributed by atoms with Gasteiger partial charge in [-0.2, -0.15) is 0 Å². The maximum Gasteiger partial charge on any atom is 0.243 e. The van der Waals surface area contributed by atoms with Crippen LogP contribution < -0.4 is 16.0 Å². The van der Waals surface area contributed by atoms with Crippen LogP contribution in [0.4, 0.5) is 10.1 Å². The number of benzene rings is 1. The zero-order valence-electron chi connectivity index (χ0n) is 13.4. The standard InChI is InChI=1S/C16H25FN4O/c1-12(2)5-4-10-19-16(18-3)20-11-15(22)21-14-8-6-13(17)7-9-14/h6-9,12H,4-5,10-11H2,1-3H3,(H,21,22)(H2,18,19,20). The summed E-state index contributed by atoms with van der Waals surface area (Å²) in [6.07, 6.45) is 2.20. The molecule has 1 rings (SSSR count). The van der Waals surface area contributed by atoms with E-state index in [4.69, 9.17) is 0 Å². The van der Waals surface area contributed by atoms with E-state index in [2.05, 4.69) is 34.8 Å². The van der Waals surface area contributed by atoms with Crippen molar-refractivity contribution in [2.75, 3.05) is 25.5 Å². The van der Waals surface area contributed by atoms with Crippen molar-refractivity contribution in [1.82, 2.24) is 10.6 Å². The molecule has 22 heavy (non-hydrogen) atoms. The van der Waals surface area contributed by atoms with Gasteiger partial charge in [-0.1, -0.05) is 13.8 Å². The molecule has 3 N–H and O–H groups in total. The van der Waals surface area contributed by atoms with Gasteiger partial charge in [0.1, 0.15) is 5.82 Å². The van der Waals surface area contributed by atoms with E-state index in [1.165, 1.54) is 24.3 Å². The predicted octanol–water partition coefficient (Wildman–Crippen LogP) is 2.37. The first-order chi connectivity index (χ1) is 10.5. The predicted molar refractivity (Wildman–Crippen MR) is 88.5 cm³/mol. The number of amides is 1. The molecule has 0 spiro atoms. The lowest BCUT2D eigenvalue weighted by molar-refractivity contribution is -0.115. The number of rotatable bonds is 7. The molecule has 1 aromatic carbocycles. The number of anilines is 1. The number of guanidine groups is 1. The molecule has 0 saturated heterocycles. The van der Waals surface area contributed by atoms with Crippen molar-refractivity contribution in [3.05, 3.63) is 30.1 Å². The van der Waals surface area contributed by atoms with Crippen LogP contribution in [0.25, 0.3) is 0 Å². The van der Waals surface area contributed by atoms with E-state index in [1.54, 1.807) is 7.05 Å². The van der Waals surface area contributed by atoms with Crippen LogP contribution in [-0.4, -0.2) is 32.0 Å². The van der Waals surface area contributed by atoms with Crippen molar-refractivity contribution in [2.24, 2.45) is 10.9 Å². The van der Waals surface area contributed by atoms with Gasteiger partial charge in [0.2, 0.25) is 5.91 Å². The van der Waals surface area contributed by atoms with Crippen molar-refractivity contribution >= 4 is 17.6 Å². The molecule has 0 atom stereocenters. The number of hydrogen-bond donors (Lipinski definition) is 3. The normalized spacial score (nSPS) is 11.4. The molecular formula is C16H25FN4O. The van der Waals surface area contributed by atoms with Crippen LogP contribution in [0.2, 0.25) is 0 Å². The fourth-order valence-corrected chi connectivity index (χ4v) is 1.84. The molecule has 1 aromatic rings. The Morgan fingerprint density at radius 2 is 1.91 bits per heavy atom. The van der Waals surface area contributed by atoms with E-state index in [0.717, 1.165) is 19.4 Å².